The molecule has 1 atom stereocenters. The first-order chi connectivity index (χ1) is 17.4. The minimum Gasteiger partial charge on any atom is -0.439 e. The van der Waals surface area contributed by atoms with Crippen molar-refractivity contribution in [1.82, 2.24) is 24.6 Å². The maximum atomic E-state index is 13.5. The lowest BCUT2D eigenvalue weighted by molar-refractivity contribution is -0.00788. The molecule has 0 amide bonds. The number of aliphatic hydroxyl groups is 1. The van der Waals surface area contributed by atoms with E-state index in [9.17, 15) is 19.1 Å². The molecule has 0 aliphatic carbocycles. The lowest BCUT2D eigenvalue weighted by Gasteiger charge is -2.14. The van der Waals surface area contributed by atoms with Gasteiger partial charge in [-0.15, -0.1) is 0 Å². The lowest BCUT2D eigenvalue weighted by Crippen LogP contribution is -2.11. The average Bonchev–Trinajstić information content (AvgIpc) is 3.47. The topological polar surface area (TPSA) is 139 Å². The quantitative estimate of drug-likeness (QED) is 0.365. The van der Waals surface area contributed by atoms with E-state index >= 15 is 0 Å². The molecule has 3 N–H and O–H groups in total. The fourth-order valence-electron chi connectivity index (χ4n) is 3.96. The third kappa shape index (κ3) is 4.14. The molecule has 4 heterocycles. The molecule has 0 fully saturated rings. The van der Waals surface area contributed by atoms with Gasteiger partial charge in [0, 0.05) is 30.8 Å². The number of pyridine rings is 1. The number of fused-ring (bicyclic) bond motifs is 1. The Morgan fingerprint density at radius 3 is 2.69 bits per heavy atom. The Morgan fingerprint density at radius 2 is 1.97 bits per heavy atom. The Hall–Kier alpha value is -4.69. The normalized spacial score (nSPS) is 12.2. The SMILES string of the molecule is Cc1nc(C(O)C(F)F)c(-c2c(-c3cccc(C#N)c3)nc(N)c3cc(Cc4ccccn4)nn23)o1. The first-order valence-electron chi connectivity index (χ1n) is 10.9. The number of aryl methyl sites for hydroxylation is 1. The van der Waals surface area contributed by atoms with Crippen molar-refractivity contribution in [2.75, 3.05) is 5.73 Å². The van der Waals surface area contributed by atoms with Gasteiger partial charge in [0.15, 0.2) is 17.8 Å². The van der Waals surface area contributed by atoms with E-state index in [-0.39, 0.29) is 34.6 Å². The highest BCUT2D eigenvalue weighted by Crippen LogP contribution is 2.38. The molecule has 0 spiro atoms. The highest BCUT2D eigenvalue weighted by molar-refractivity contribution is 5.83. The standard InChI is InChI=1S/C25H19F2N7O2/c1-13-31-20(22(35)24(26)27)23(36-13)21-19(15-6-4-5-14(9-15)12-28)32-25(29)18-11-17(33-34(18)21)10-16-7-2-3-8-30-16/h2-9,11,22,24,35H,10H2,1H3,(H2,29,32). The Kier molecular flexibility index (Phi) is 5.87. The van der Waals surface area contributed by atoms with Crippen LogP contribution in [0.5, 0.6) is 0 Å². The van der Waals surface area contributed by atoms with E-state index in [0.29, 0.717) is 28.8 Å². The number of alkyl halides is 2. The van der Waals surface area contributed by atoms with Crippen molar-refractivity contribution in [3.8, 4) is 28.8 Å². The highest BCUT2D eigenvalue weighted by atomic mass is 19.3. The van der Waals surface area contributed by atoms with Crippen molar-refractivity contribution < 1.29 is 18.3 Å². The third-order valence-electron chi connectivity index (χ3n) is 5.54. The van der Waals surface area contributed by atoms with Crippen LogP contribution in [0.3, 0.4) is 0 Å². The lowest BCUT2D eigenvalue weighted by atomic mass is 10.0. The van der Waals surface area contributed by atoms with Crippen molar-refractivity contribution in [1.29, 1.82) is 5.26 Å². The predicted molar refractivity (Wildman–Crippen MR) is 126 cm³/mol. The van der Waals surface area contributed by atoms with E-state index in [1.165, 1.54) is 11.4 Å². The summed E-state index contributed by atoms with van der Waals surface area (Å²) < 4.78 is 34.2. The summed E-state index contributed by atoms with van der Waals surface area (Å²) in [6.07, 6.45) is -3.26. The number of nitrogen functional groups attached to an aromatic ring is 1. The molecular formula is C25H19F2N7O2. The molecule has 36 heavy (non-hydrogen) atoms. The molecule has 0 aliphatic heterocycles. The summed E-state index contributed by atoms with van der Waals surface area (Å²) in [5.41, 5.74) is 8.94. The first kappa shape index (κ1) is 23.1. The van der Waals surface area contributed by atoms with Gasteiger partial charge in [0.1, 0.15) is 28.4 Å². The predicted octanol–water partition coefficient (Wildman–Crippen LogP) is 4.10. The summed E-state index contributed by atoms with van der Waals surface area (Å²) >= 11 is 0. The van der Waals surface area contributed by atoms with Crippen LogP contribution in [0.4, 0.5) is 14.6 Å². The first-order valence-corrected chi connectivity index (χ1v) is 10.9. The summed E-state index contributed by atoms with van der Waals surface area (Å²) in [6, 6.07) is 15.9. The summed E-state index contributed by atoms with van der Waals surface area (Å²) in [4.78, 5) is 12.9. The van der Waals surface area contributed by atoms with Crippen LogP contribution in [0.1, 0.15) is 34.6 Å². The van der Waals surface area contributed by atoms with E-state index in [1.54, 1.807) is 42.6 Å². The second-order valence-electron chi connectivity index (χ2n) is 8.04. The maximum Gasteiger partial charge on any atom is 0.269 e. The number of hydrogen-bond donors (Lipinski definition) is 2. The molecule has 1 unspecified atom stereocenters. The van der Waals surface area contributed by atoms with Gasteiger partial charge < -0.3 is 15.3 Å². The van der Waals surface area contributed by atoms with Crippen LogP contribution in [0, 0.1) is 18.3 Å². The van der Waals surface area contributed by atoms with Gasteiger partial charge in [-0.3, -0.25) is 4.98 Å². The summed E-state index contributed by atoms with van der Waals surface area (Å²) in [5, 5.41) is 24.3. The number of aliphatic hydroxyl groups excluding tert-OH is 1. The number of benzene rings is 1. The van der Waals surface area contributed by atoms with Gasteiger partial charge in [-0.2, -0.15) is 10.4 Å². The molecule has 0 aliphatic rings. The van der Waals surface area contributed by atoms with Crippen LogP contribution in [0.25, 0.3) is 28.2 Å². The van der Waals surface area contributed by atoms with Crippen molar-refractivity contribution in [2.45, 2.75) is 25.9 Å². The molecule has 0 bridgehead atoms. The summed E-state index contributed by atoms with van der Waals surface area (Å²) in [7, 11) is 0. The molecular weight excluding hydrogens is 468 g/mol. The molecule has 11 heteroatoms. The number of hydrogen-bond acceptors (Lipinski definition) is 8. The van der Waals surface area contributed by atoms with Gasteiger partial charge in [0.05, 0.1) is 17.3 Å². The Morgan fingerprint density at radius 1 is 1.14 bits per heavy atom. The van der Waals surface area contributed by atoms with E-state index in [2.05, 4.69) is 26.1 Å². The van der Waals surface area contributed by atoms with Crippen LogP contribution < -0.4 is 5.73 Å². The van der Waals surface area contributed by atoms with Crippen molar-refractivity contribution in [3.63, 3.8) is 0 Å². The van der Waals surface area contributed by atoms with Crippen LogP contribution in [-0.4, -0.2) is 36.1 Å². The highest BCUT2D eigenvalue weighted by Gasteiger charge is 2.32. The number of aromatic nitrogens is 5. The van der Waals surface area contributed by atoms with Crippen LogP contribution in [-0.2, 0) is 6.42 Å². The number of nitriles is 1. The summed E-state index contributed by atoms with van der Waals surface area (Å²) in [5.74, 6) is 0.0768. The number of nitrogens with two attached hydrogens (primary N) is 1. The molecule has 180 valence electrons. The van der Waals surface area contributed by atoms with Crippen molar-refractivity contribution in [2.24, 2.45) is 0 Å². The largest absolute Gasteiger partial charge is 0.439 e. The van der Waals surface area contributed by atoms with Gasteiger partial charge in [0.25, 0.3) is 6.43 Å². The van der Waals surface area contributed by atoms with Gasteiger partial charge in [0.2, 0.25) is 0 Å². The molecule has 5 aromatic rings. The molecule has 0 saturated carbocycles. The molecule has 0 radical (unpaired) electrons. The molecule has 0 saturated heterocycles. The van der Waals surface area contributed by atoms with Gasteiger partial charge in [-0.1, -0.05) is 18.2 Å². The van der Waals surface area contributed by atoms with Crippen LogP contribution in [0.15, 0.2) is 59.1 Å². The van der Waals surface area contributed by atoms with E-state index in [4.69, 9.17) is 10.2 Å². The monoisotopic (exact) mass is 487 g/mol. The van der Waals surface area contributed by atoms with Gasteiger partial charge in [-0.25, -0.2) is 23.3 Å². The fourth-order valence-corrected chi connectivity index (χ4v) is 3.96. The zero-order valence-electron chi connectivity index (χ0n) is 18.9. The zero-order valence-corrected chi connectivity index (χ0v) is 18.9. The smallest absolute Gasteiger partial charge is 0.269 e. The molecule has 1 aromatic carbocycles. The van der Waals surface area contributed by atoms with Crippen molar-refractivity contribution >= 4 is 11.3 Å². The van der Waals surface area contributed by atoms with E-state index < -0.39 is 12.5 Å². The number of nitrogens with zero attached hydrogens (tertiary/aromatic N) is 6. The molecule has 9 nitrogen and oxygen atoms in total. The van der Waals surface area contributed by atoms with Gasteiger partial charge in [-0.05, 0) is 30.3 Å². The average molecular weight is 487 g/mol. The Balaban J connectivity index is 1.81. The summed E-state index contributed by atoms with van der Waals surface area (Å²) in [6.45, 7) is 1.48. The van der Waals surface area contributed by atoms with E-state index in [1.807, 2.05) is 12.1 Å². The maximum absolute atomic E-state index is 13.5. The second kappa shape index (κ2) is 9.16. The number of oxazole rings is 1. The minimum atomic E-state index is -3.10. The molecule has 5 rings (SSSR count). The fraction of sp³-hybridized carbons (Fsp3) is 0.160. The molecule has 4 aromatic heterocycles. The number of anilines is 1. The van der Waals surface area contributed by atoms with Crippen molar-refractivity contribution in [3.05, 3.63) is 83.3 Å². The Labute approximate surface area is 203 Å². The van der Waals surface area contributed by atoms with Gasteiger partial charge >= 0.3 is 0 Å². The second-order valence-corrected chi connectivity index (χ2v) is 8.04. The minimum absolute atomic E-state index is 0.0715. The van der Waals surface area contributed by atoms with E-state index in [0.717, 1.165) is 5.69 Å². The number of halogens is 2. The third-order valence-corrected chi connectivity index (χ3v) is 5.54. The number of rotatable bonds is 6. The van der Waals surface area contributed by atoms with Crippen LogP contribution in [0.2, 0.25) is 0 Å². The Bertz CT molecular complexity index is 1610. The van der Waals surface area contributed by atoms with Crippen LogP contribution >= 0.6 is 0 Å². The zero-order chi connectivity index (χ0) is 25.4.